The summed E-state index contributed by atoms with van der Waals surface area (Å²) in [6.45, 7) is 1.92. The summed E-state index contributed by atoms with van der Waals surface area (Å²) >= 11 is 8.78. The van der Waals surface area contributed by atoms with E-state index in [9.17, 15) is 4.79 Å². The molecule has 0 aliphatic carbocycles. The predicted molar refractivity (Wildman–Crippen MR) is 84.5 cm³/mol. The first kappa shape index (κ1) is 15.1. The van der Waals surface area contributed by atoms with E-state index in [0.717, 1.165) is 9.90 Å². The molecule has 2 rings (SSSR count). The van der Waals surface area contributed by atoms with E-state index >= 15 is 0 Å². The quantitative estimate of drug-likeness (QED) is 0.824. The third kappa shape index (κ3) is 4.36. The lowest BCUT2D eigenvalue weighted by Crippen LogP contribution is -2.12. The molecular weight excluding hydrogens is 316 g/mol. The van der Waals surface area contributed by atoms with Crippen molar-refractivity contribution in [2.45, 2.75) is 17.7 Å². The molecule has 1 aromatic carbocycles. The lowest BCUT2D eigenvalue weighted by molar-refractivity contribution is -0.115. The van der Waals surface area contributed by atoms with Crippen molar-refractivity contribution in [3.8, 4) is 0 Å². The van der Waals surface area contributed by atoms with Crippen molar-refractivity contribution in [3.63, 3.8) is 0 Å². The summed E-state index contributed by atoms with van der Waals surface area (Å²) in [6.07, 6.45) is 0.385. The number of carbonyl (C=O) groups is 1. The van der Waals surface area contributed by atoms with Crippen molar-refractivity contribution in [1.82, 2.24) is 10.2 Å². The number of nitrogens with zero attached hydrogens (tertiary/aromatic N) is 2. The zero-order chi connectivity index (χ0) is 14.5. The molecule has 0 aliphatic rings. The number of amides is 1. The van der Waals surface area contributed by atoms with Crippen LogP contribution in [0.25, 0.3) is 0 Å². The fraction of sp³-hybridized carbons (Fsp3) is 0.250. The fourth-order valence-electron chi connectivity index (χ4n) is 1.40. The Hall–Kier alpha value is -1.31. The van der Waals surface area contributed by atoms with Crippen LogP contribution in [-0.2, 0) is 4.79 Å². The minimum Gasteiger partial charge on any atom is -0.374 e. The molecule has 0 saturated heterocycles. The van der Waals surface area contributed by atoms with E-state index in [1.807, 2.05) is 19.1 Å². The van der Waals surface area contributed by atoms with Crippen LogP contribution in [0.15, 0.2) is 22.5 Å². The largest absolute Gasteiger partial charge is 0.374 e. The number of hydrogen-bond donors (Lipinski definition) is 2. The number of aromatic nitrogens is 2. The molecule has 20 heavy (non-hydrogen) atoms. The number of carbonyl (C=O) groups excluding carboxylic acids is 1. The van der Waals surface area contributed by atoms with Gasteiger partial charge in [0.15, 0.2) is 4.34 Å². The molecule has 0 saturated carbocycles. The molecule has 0 fully saturated rings. The van der Waals surface area contributed by atoms with Crippen molar-refractivity contribution in [2.75, 3.05) is 16.8 Å². The van der Waals surface area contributed by atoms with Crippen LogP contribution in [0.5, 0.6) is 0 Å². The molecule has 3 N–H and O–H groups in total. The summed E-state index contributed by atoms with van der Waals surface area (Å²) in [5.41, 5.74) is 7.16. The highest BCUT2D eigenvalue weighted by Gasteiger charge is 2.06. The average molecular weight is 329 g/mol. The van der Waals surface area contributed by atoms with Crippen molar-refractivity contribution in [2.24, 2.45) is 0 Å². The van der Waals surface area contributed by atoms with Gasteiger partial charge in [-0.2, -0.15) is 0 Å². The van der Waals surface area contributed by atoms with E-state index in [1.54, 1.807) is 6.07 Å². The summed E-state index contributed by atoms with van der Waals surface area (Å²) in [5, 5.41) is 11.5. The van der Waals surface area contributed by atoms with Crippen molar-refractivity contribution >= 4 is 51.4 Å². The standard InChI is InChI=1S/C12H13ClN4OS2/c1-7-2-3-8(6-9(7)13)15-10(18)4-5-19-12-17-16-11(14)20-12/h2-3,6H,4-5H2,1H3,(H2,14,16)(H,15,18). The Morgan fingerprint density at radius 3 is 2.95 bits per heavy atom. The molecule has 0 bridgehead atoms. The third-order valence-electron chi connectivity index (χ3n) is 2.43. The number of nitrogens with two attached hydrogens (primary N) is 1. The van der Waals surface area contributed by atoms with Gasteiger partial charge >= 0.3 is 0 Å². The second-order valence-electron chi connectivity index (χ2n) is 4.02. The van der Waals surface area contributed by atoms with E-state index in [-0.39, 0.29) is 5.91 Å². The van der Waals surface area contributed by atoms with Crippen molar-refractivity contribution < 1.29 is 4.79 Å². The van der Waals surface area contributed by atoms with Gasteiger partial charge in [0, 0.05) is 22.9 Å². The van der Waals surface area contributed by atoms with E-state index in [1.165, 1.54) is 23.1 Å². The van der Waals surface area contributed by atoms with E-state index in [4.69, 9.17) is 17.3 Å². The van der Waals surface area contributed by atoms with Crippen LogP contribution in [0, 0.1) is 6.92 Å². The minimum atomic E-state index is -0.0603. The van der Waals surface area contributed by atoms with Crippen LogP contribution in [-0.4, -0.2) is 21.9 Å². The lowest BCUT2D eigenvalue weighted by atomic mass is 10.2. The highest BCUT2D eigenvalue weighted by atomic mass is 35.5. The van der Waals surface area contributed by atoms with Gasteiger partial charge in [0.2, 0.25) is 11.0 Å². The molecule has 8 heteroatoms. The summed E-state index contributed by atoms with van der Waals surface area (Å²) in [4.78, 5) is 11.8. The maximum atomic E-state index is 11.8. The first-order valence-corrected chi connectivity index (χ1v) is 8.00. The summed E-state index contributed by atoms with van der Waals surface area (Å²) in [6, 6.07) is 5.45. The van der Waals surface area contributed by atoms with Gasteiger partial charge in [-0.05, 0) is 24.6 Å². The van der Waals surface area contributed by atoms with Gasteiger partial charge in [-0.1, -0.05) is 40.8 Å². The van der Waals surface area contributed by atoms with Gasteiger partial charge in [-0.25, -0.2) is 0 Å². The van der Waals surface area contributed by atoms with Gasteiger partial charge in [0.1, 0.15) is 0 Å². The molecule has 0 unspecified atom stereocenters. The second-order valence-corrected chi connectivity index (χ2v) is 6.78. The lowest BCUT2D eigenvalue weighted by Gasteiger charge is -2.06. The monoisotopic (exact) mass is 328 g/mol. The van der Waals surface area contributed by atoms with Crippen LogP contribution in [0.4, 0.5) is 10.8 Å². The topological polar surface area (TPSA) is 80.9 Å². The molecular formula is C12H13ClN4OS2. The number of aryl methyl sites for hydroxylation is 1. The Bertz CT molecular complexity index is 617. The van der Waals surface area contributed by atoms with Crippen LogP contribution >= 0.6 is 34.7 Å². The summed E-state index contributed by atoms with van der Waals surface area (Å²) < 4.78 is 0.772. The zero-order valence-corrected chi connectivity index (χ0v) is 13.1. The van der Waals surface area contributed by atoms with E-state index in [2.05, 4.69) is 15.5 Å². The first-order valence-electron chi connectivity index (χ1n) is 5.82. The van der Waals surface area contributed by atoms with Gasteiger partial charge < -0.3 is 11.1 Å². The summed E-state index contributed by atoms with van der Waals surface area (Å²) in [5.74, 6) is 0.565. The number of halogens is 1. The number of nitrogen functional groups attached to an aromatic ring is 1. The molecule has 1 amide bonds. The Kier molecular flexibility index (Phi) is 5.22. The average Bonchev–Trinajstić information content (AvgIpc) is 2.80. The smallest absolute Gasteiger partial charge is 0.225 e. The van der Waals surface area contributed by atoms with Crippen LogP contribution in [0.1, 0.15) is 12.0 Å². The molecule has 1 aromatic heterocycles. The molecule has 0 radical (unpaired) electrons. The highest BCUT2D eigenvalue weighted by Crippen LogP contribution is 2.24. The van der Waals surface area contributed by atoms with Crippen LogP contribution in [0.3, 0.4) is 0 Å². The van der Waals surface area contributed by atoms with Gasteiger partial charge in [-0.15, -0.1) is 10.2 Å². The Morgan fingerprint density at radius 1 is 1.50 bits per heavy atom. The third-order valence-corrected chi connectivity index (χ3v) is 4.73. The molecule has 1 heterocycles. The Labute approximate surface area is 129 Å². The maximum Gasteiger partial charge on any atom is 0.225 e. The summed E-state index contributed by atoms with van der Waals surface area (Å²) in [7, 11) is 0. The number of nitrogens with one attached hydrogen (secondary N) is 1. The predicted octanol–water partition coefficient (Wildman–Crippen LogP) is 3.20. The van der Waals surface area contributed by atoms with Gasteiger partial charge in [0.05, 0.1) is 0 Å². The normalized spacial score (nSPS) is 10.5. The number of hydrogen-bond acceptors (Lipinski definition) is 6. The maximum absolute atomic E-state index is 11.8. The van der Waals surface area contributed by atoms with Crippen LogP contribution < -0.4 is 11.1 Å². The Balaban J connectivity index is 1.79. The van der Waals surface area contributed by atoms with Gasteiger partial charge in [0.25, 0.3) is 0 Å². The van der Waals surface area contributed by atoms with E-state index in [0.29, 0.717) is 28.0 Å². The molecule has 0 atom stereocenters. The first-order chi connectivity index (χ1) is 9.54. The van der Waals surface area contributed by atoms with Gasteiger partial charge in [-0.3, -0.25) is 4.79 Å². The minimum absolute atomic E-state index is 0.0603. The van der Waals surface area contributed by atoms with Crippen LogP contribution in [0.2, 0.25) is 5.02 Å². The van der Waals surface area contributed by atoms with Crippen molar-refractivity contribution in [1.29, 1.82) is 0 Å². The molecule has 5 nitrogen and oxygen atoms in total. The number of rotatable bonds is 5. The molecule has 0 aliphatic heterocycles. The number of thioether (sulfide) groups is 1. The molecule has 0 spiro atoms. The molecule has 2 aromatic rings. The van der Waals surface area contributed by atoms with Crippen molar-refractivity contribution in [3.05, 3.63) is 28.8 Å². The Morgan fingerprint density at radius 2 is 2.30 bits per heavy atom. The number of benzene rings is 1. The second kappa shape index (κ2) is 6.92. The highest BCUT2D eigenvalue weighted by molar-refractivity contribution is 8.01. The molecule has 106 valence electrons. The zero-order valence-electron chi connectivity index (χ0n) is 10.7. The fourth-order valence-corrected chi connectivity index (χ4v) is 3.23. The SMILES string of the molecule is Cc1ccc(NC(=O)CCSc2nnc(N)s2)cc1Cl. The number of anilines is 2. The van der Waals surface area contributed by atoms with E-state index < -0.39 is 0 Å².